The average Bonchev–Trinajstić information content (AvgIpc) is 3.94. The van der Waals surface area contributed by atoms with Crippen LogP contribution in [0.2, 0.25) is 0 Å². The van der Waals surface area contributed by atoms with Crippen LogP contribution in [-0.4, -0.2) is 9.13 Å². The number of aromatic nitrogens is 2. The van der Waals surface area contributed by atoms with Gasteiger partial charge in [0, 0.05) is 67.8 Å². The van der Waals surface area contributed by atoms with Gasteiger partial charge in [-0.25, -0.2) is 0 Å². The van der Waals surface area contributed by atoms with E-state index in [0.717, 1.165) is 58.8 Å². The maximum Gasteiger partial charge on any atom is 0.137 e. The van der Waals surface area contributed by atoms with Crippen LogP contribution in [0.15, 0.2) is 150 Å². The van der Waals surface area contributed by atoms with Gasteiger partial charge in [-0.2, -0.15) is 0 Å². The van der Waals surface area contributed by atoms with E-state index in [1.807, 2.05) is 6.07 Å². The van der Waals surface area contributed by atoms with E-state index in [-0.39, 0.29) is 5.92 Å². The van der Waals surface area contributed by atoms with E-state index in [0.29, 0.717) is 0 Å². The molecule has 4 nitrogen and oxygen atoms in total. The molecule has 9 aromatic rings. The quantitative estimate of drug-likeness (QED) is 0.188. The van der Waals surface area contributed by atoms with Crippen molar-refractivity contribution < 1.29 is 9.15 Å². The van der Waals surface area contributed by atoms with Gasteiger partial charge in [-0.3, -0.25) is 0 Å². The van der Waals surface area contributed by atoms with Crippen molar-refractivity contribution in [1.29, 1.82) is 0 Å². The summed E-state index contributed by atoms with van der Waals surface area (Å²) in [6, 6.07) is 48.4. The third-order valence-electron chi connectivity index (χ3n) is 11.6. The molecule has 0 N–H and O–H groups in total. The highest BCUT2D eigenvalue weighted by Gasteiger charge is 2.35. The van der Waals surface area contributed by atoms with Gasteiger partial charge >= 0.3 is 0 Å². The highest BCUT2D eigenvalue weighted by atomic mass is 16.5. The lowest BCUT2D eigenvalue weighted by molar-refractivity contribution is 0.418. The molecule has 12 rings (SSSR count). The van der Waals surface area contributed by atoms with Crippen molar-refractivity contribution in [3.05, 3.63) is 173 Å². The van der Waals surface area contributed by atoms with Crippen LogP contribution >= 0.6 is 0 Å². The first-order valence-electron chi connectivity index (χ1n) is 18.2. The number of rotatable bonds is 3. The second kappa shape index (κ2) is 10.5. The van der Waals surface area contributed by atoms with Crippen LogP contribution in [-0.2, 0) is 12.8 Å². The third-order valence-corrected chi connectivity index (χ3v) is 11.6. The molecule has 1 atom stereocenters. The van der Waals surface area contributed by atoms with Crippen molar-refractivity contribution in [3.63, 3.8) is 0 Å². The summed E-state index contributed by atoms with van der Waals surface area (Å²) in [5, 5.41) is 4.95. The Hall–Kier alpha value is -6.52. The molecule has 52 heavy (non-hydrogen) atoms. The Kier molecular flexibility index (Phi) is 5.70. The molecule has 0 fully saturated rings. The van der Waals surface area contributed by atoms with Gasteiger partial charge in [-0.1, -0.05) is 78.9 Å². The minimum Gasteiger partial charge on any atom is -0.461 e. The zero-order valence-corrected chi connectivity index (χ0v) is 28.3. The summed E-state index contributed by atoms with van der Waals surface area (Å²) in [4.78, 5) is 0. The Balaban J connectivity index is 0.976. The average molecular weight is 669 g/mol. The van der Waals surface area contributed by atoms with Crippen molar-refractivity contribution in [2.24, 2.45) is 0 Å². The number of benzene rings is 6. The maximum absolute atomic E-state index is 6.65. The van der Waals surface area contributed by atoms with Crippen LogP contribution in [0.1, 0.15) is 40.5 Å². The number of furan rings is 1. The monoisotopic (exact) mass is 668 g/mol. The fourth-order valence-electron chi connectivity index (χ4n) is 9.19. The zero-order chi connectivity index (χ0) is 33.9. The van der Waals surface area contributed by atoms with E-state index in [4.69, 9.17) is 9.15 Å². The van der Waals surface area contributed by atoms with Gasteiger partial charge < -0.3 is 18.3 Å². The SMILES string of the molecule is C1=Cc2c(n(-c3ccc4c5c(oc4c3)CC3C(=C5)Oc4ccccc43)c3ccc(-c4ccc5c(c4)c4ccccc4n5-c4ccccc4)cc23)CC1. The van der Waals surface area contributed by atoms with Gasteiger partial charge in [-0.05, 0) is 90.7 Å². The van der Waals surface area contributed by atoms with E-state index in [1.165, 1.54) is 66.3 Å². The molecule has 246 valence electrons. The summed E-state index contributed by atoms with van der Waals surface area (Å²) in [5.41, 5.74) is 14.4. The van der Waals surface area contributed by atoms with Crippen molar-refractivity contribution in [1.82, 2.24) is 9.13 Å². The van der Waals surface area contributed by atoms with Gasteiger partial charge in [0.1, 0.15) is 22.9 Å². The zero-order valence-electron chi connectivity index (χ0n) is 28.3. The van der Waals surface area contributed by atoms with Crippen LogP contribution in [0.4, 0.5) is 0 Å². The van der Waals surface area contributed by atoms with Crippen LogP contribution in [0, 0.1) is 0 Å². The van der Waals surface area contributed by atoms with Gasteiger partial charge in [0.25, 0.3) is 0 Å². The standard InChI is InChI=1S/C48H32N2O2/c1-2-10-31(11-3-1)49-41-15-7-4-12-33(41)37-24-29(18-22-43(37)49)30-19-23-44-38(25-30)34-13-5-8-16-42(34)50(44)32-20-21-36-40-28-47-39(27-48(40)52-46(36)26-32)35-14-6-9-17-45(35)51-47/h1-7,9-15,17-26,28,39H,8,16,27H2. The highest BCUT2D eigenvalue weighted by molar-refractivity contribution is 6.10. The first kappa shape index (κ1) is 28.2. The normalized spacial score (nSPS) is 15.8. The van der Waals surface area contributed by atoms with Gasteiger partial charge in [0.15, 0.2) is 0 Å². The molecular formula is C48H32N2O2. The Morgan fingerprint density at radius 2 is 1.35 bits per heavy atom. The van der Waals surface area contributed by atoms with E-state index in [2.05, 4.69) is 155 Å². The van der Waals surface area contributed by atoms with Crippen molar-refractivity contribution in [3.8, 4) is 28.3 Å². The van der Waals surface area contributed by atoms with E-state index >= 15 is 0 Å². The number of fused-ring (bicyclic) bond motifs is 12. The van der Waals surface area contributed by atoms with Crippen LogP contribution < -0.4 is 4.74 Å². The van der Waals surface area contributed by atoms with E-state index in [9.17, 15) is 0 Å². The Morgan fingerprint density at radius 3 is 2.25 bits per heavy atom. The Morgan fingerprint density at radius 1 is 0.577 bits per heavy atom. The smallest absolute Gasteiger partial charge is 0.137 e. The lowest BCUT2D eigenvalue weighted by Crippen LogP contribution is -2.07. The molecule has 0 bridgehead atoms. The first-order chi connectivity index (χ1) is 25.8. The number of nitrogens with zero attached hydrogens (tertiary/aromatic N) is 2. The molecule has 4 heterocycles. The summed E-state index contributed by atoms with van der Waals surface area (Å²) >= 11 is 0. The van der Waals surface area contributed by atoms with Crippen molar-refractivity contribution >= 4 is 55.8 Å². The number of hydrogen-bond donors (Lipinski definition) is 0. The number of ether oxygens (including phenoxy) is 1. The number of para-hydroxylation sites is 3. The molecule has 1 aliphatic heterocycles. The second-order valence-electron chi connectivity index (χ2n) is 14.4. The van der Waals surface area contributed by atoms with Crippen LogP contribution in [0.5, 0.6) is 5.75 Å². The van der Waals surface area contributed by atoms with E-state index in [1.54, 1.807) is 0 Å². The summed E-state index contributed by atoms with van der Waals surface area (Å²) in [5.74, 6) is 3.24. The summed E-state index contributed by atoms with van der Waals surface area (Å²) in [6.45, 7) is 0. The summed E-state index contributed by atoms with van der Waals surface area (Å²) in [7, 11) is 0. The fraction of sp³-hybridized carbons (Fsp3) is 0.0833. The maximum atomic E-state index is 6.65. The molecule has 2 aliphatic carbocycles. The highest BCUT2D eigenvalue weighted by Crippen LogP contribution is 2.48. The topological polar surface area (TPSA) is 32.2 Å². The van der Waals surface area contributed by atoms with Gasteiger partial charge in [-0.15, -0.1) is 0 Å². The molecule has 0 amide bonds. The first-order valence-corrected chi connectivity index (χ1v) is 18.2. The largest absolute Gasteiger partial charge is 0.461 e. The lowest BCUT2D eigenvalue weighted by Gasteiger charge is -2.15. The number of allylic oxidation sites excluding steroid dienone is 2. The van der Waals surface area contributed by atoms with Gasteiger partial charge in [0.2, 0.25) is 0 Å². The van der Waals surface area contributed by atoms with Crippen molar-refractivity contribution in [2.75, 3.05) is 0 Å². The second-order valence-corrected chi connectivity index (χ2v) is 14.4. The van der Waals surface area contributed by atoms with Crippen LogP contribution in [0.25, 0.3) is 78.3 Å². The minimum atomic E-state index is 0.216. The summed E-state index contributed by atoms with van der Waals surface area (Å²) < 4.78 is 17.8. The predicted molar refractivity (Wildman–Crippen MR) is 212 cm³/mol. The third kappa shape index (κ3) is 3.92. The lowest BCUT2D eigenvalue weighted by atomic mass is 9.88. The molecule has 0 saturated carbocycles. The molecule has 6 aromatic carbocycles. The van der Waals surface area contributed by atoms with E-state index < -0.39 is 0 Å². The van der Waals surface area contributed by atoms with Crippen LogP contribution in [0.3, 0.4) is 0 Å². The molecule has 0 radical (unpaired) electrons. The molecule has 1 unspecified atom stereocenters. The molecule has 0 saturated heterocycles. The number of hydrogen-bond acceptors (Lipinski definition) is 2. The van der Waals surface area contributed by atoms with Crippen molar-refractivity contribution in [2.45, 2.75) is 25.2 Å². The Bertz CT molecular complexity index is 3020. The Labute approximate surface area is 300 Å². The fourth-order valence-corrected chi connectivity index (χ4v) is 9.19. The molecule has 3 aliphatic rings. The molecule has 0 spiro atoms. The predicted octanol–water partition coefficient (Wildman–Crippen LogP) is 12.2. The minimum absolute atomic E-state index is 0.216. The molecular weight excluding hydrogens is 637 g/mol. The van der Waals surface area contributed by atoms with Gasteiger partial charge in [0.05, 0.1) is 22.5 Å². The summed E-state index contributed by atoms with van der Waals surface area (Å²) in [6.07, 6.45) is 9.69. The molecule has 4 heteroatoms. The molecule has 3 aromatic heterocycles.